The predicted molar refractivity (Wildman–Crippen MR) is 92.3 cm³/mol. The first-order valence-electron chi connectivity index (χ1n) is 6.12. The molecule has 1 aromatic carbocycles. The number of likely N-dealkylation sites (N-methyl/N-ethyl adjacent to an activating group) is 1. The molecule has 1 aliphatic heterocycles. The molecular weight excluding hydrogens is 470 g/mol. The van der Waals surface area contributed by atoms with Gasteiger partial charge in [0.1, 0.15) is 5.75 Å². The van der Waals surface area contributed by atoms with Crippen LogP contribution in [0.15, 0.2) is 12.1 Å². The van der Waals surface area contributed by atoms with Crippen molar-refractivity contribution < 1.29 is 10.2 Å². The number of aromatic hydroxyl groups is 1. The molecule has 1 heterocycles. The van der Waals surface area contributed by atoms with Crippen molar-refractivity contribution in [1.29, 1.82) is 0 Å². The maximum Gasteiger partial charge on any atom is 0.133 e. The predicted octanol–water partition coefficient (Wildman–Crippen LogP) is 1.71. The van der Waals surface area contributed by atoms with Gasteiger partial charge in [-0.05, 0) is 71.4 Å². The number of hydrogen-bond acceptors (Lipinski definition) is 4. The molecule has 0 unspecified atom stereocenters. The molecule has 0 spiro atoms. The summed E-state index contributed by atoms with van der Waals surface area (Å²) in [6, 6.07) is 4.14. The average molecular weight is 488 g/mol. The molecule has 19 heavy (non-hydrogen) atoms. The fourth-order valence-electron chi connectivity index (χ4n) is 2.46. The maximum atomic E-state index is 10.1. The molecule has 1 aromatic rings. The van der Waals surface area contributed by atoms with Crippen LogP contribution in [-0.4, -0.2) is 59.3 Å². The van der Waals surface area contributed by atoms with Gasteiger partial charge in [0.25, 0.3) is 0 Å². The molecule has 0 radical (unpaired) electrons. The largest absolute Gasteiger partial charge is 0.507 e. The Hall–Kier alpha value is 0.360. The van der Waals surface area contributed by atoms with Crippen molar-refractivity contribution in [3.05, 3.63) is 24.8 Å². The van der Waals surface area contributed by atoms with Gasteiger partial charge in [-0.15, -0.1) is 0 Å². The van der Waals surface area contributed by atoms with Crippen molar-refractivity contribution in [3.63, 3.8) is 0 Å². The Morgan fingerprint density at radius 3 is 2.58 bits per heavy atom. The standard InChI is InChI=1S/C13H18I2N2O2/c1-16(2)11-6-17(7-12(11)18)5-8-3-9(14)4-10(15)13(8)19/h3-4,11-12,18-19H,5-7H2,1-2H3/t11-,12-/m0/s1. The third kappa shape index (κ3) is 3.72. The van der Waals surface area contributed by atoms with E-state index in [1.54, 1.807) is 0 Å². The van der Waals surface area contributed by atoms with E-state index in [0.29, 0.717) is 18.8 Å². The van der Waals surface area contributed by atoms with E-state index in [-0.39, 0.29) is 12.1 Å². The van der Waals surface area contributed by atoms with Gasteiger partial charge in [-0.2, -0.15) is 0 Å². The van der Waals surface area contributed by atoms with Crippen molar-refractivity contribution in [2.24, 2.45) is 0 Å². The molecule has 2 N–H and O–H groups in total. The van der Waals surface area contributed by atoms with Gasteiger partial charge in [0.15, 0.2) is 0 Å². The highest BCUT2D eigenvalue weighted by Gasteiger charge is 2.32. The van der Waals surface area contributed by atoms with Crippen LogP contribution in [-0.2, 0) is 6.54 Å². The van der Waals surface area contributed by atoms with Crippen LogP contribution in [0.5, 0.6) is 5.75 Å². The molecule has 0 saturated carbocycles. The summed E-state index contributed by atoms with van der Waals surface area (Å²) >= 11 is 4.41. The Bertz CT molecular complexity index is 468. The maximum absolute atomic E-state index is 10.1. The van der Waals surface area contributed by atoms with Crippen LogP contribution in [0.2, 0.25) is 0 Å². The Kier molecular flexibility index (Phi) is 5.32. The van der Waals surface area contributed by atoms with Gasteiger partial charge in [0.05, 0.1) is 9.67 Å². The van der Waals surface area contributed by atoms with Gasteiger partial charge in [-0.25, -0.2) is 0 Å². The third-order valence-corrected chi connectivity index (χ3v) is 4.94. The summed E-state index contributed by atoms with van der Waals surface area (Å²) in [5, 5.41) is 20.2. The van der Waals surface area contributed by atoms with Gasteiger partial charge in [0, 0.05) is 34.8 Å². The second kappa shape index (κ2) is 6.42. The van der Waals surface area contributed by atoms with Crippen LogP contribution in [0.3, 0.4) is 0 Å². The summed E-state index contributed by atoms with van der Waals surface area (Å²) in [6.45, 7) is 2.17. The van der Waals surface area contributed by atoms with Gasteiger partial charge >= 0.3 is 0 Å². The summed E-state index contributed by atoms with van der Waals surface area (Å²) in [5.74, 6) is 0.365. The number of rotatable bonds is 3. The normalized spacial score (nSPS) is 24.3. The van der Waals surface area contributed by atoms with E-state index in [4.69, 9.17) is 0 Å². The third-order valence-electron chi connectivity index (χ3n) is 3.50. The van der Waals surface area contributed by atoms with E-state index in [9.17, 15) is 10.2 Å². The Balaban J connectivity index is 2.11. The van der Waals surface area contributed by atoms with Gasteiger partial charge in [-0.1, -0.05) is 0 Å². The van der Waals surface area contributed by atoms with Gasteiger partial charge < -0.3 is 15.1 Å². The van der Waals surface area contributed by atoms with Crippen molar-refractivity contribution in [2.45, 2.75) is 18.7 Å². The highest BCUT2D eigenvalue weighted by molar-refractivity contribution is 14.1. The van der Waals surface area contributed by atoms with E-state index < -0.39 is 0 Å². The summed E-state index contributed by atoms with van der Waals surface area (Å²) in [6.07, 6.45) is -0.320. The molecule has 4 nitrogen and oxygen atoms in total. The number of aliphatic hydroxyl groups is 1. The molecule has 2 rings (SSSR count). The molecule has 2 atom stereocenters. The first-order chi connectivity index (χ1) is 8.88. The molecule has 1 fully saturated rings. The van der Waals surface area contributed by atoms with Crippen LogP contribution in [0.1, 0.15) is 5.56 Å². The lowest BCUT2D eigenvalue weighted by Gasteiger charge is -2.22. The zero-order chi connectivity index (χ0) is 14.2. The number of likely N-dealkylation sites (tertiary alicyclic amines) is 1. The molecule has 1 aliphatic rings. The summed E-state index contributed by atoms with van der Waals surface area (Å²) < 4.78 is 2.00. The Morgan fingerprint density at radius 1 is 1.32 bits per heavy atom. The minimum atomic E-state index is -0.320. The SMILES string of the molecule is CN(C)[C@H]1CN(Cc2cc(I)cc(I)c2O)C[C@@H]1O. The summed E-state index contributed by atoms with van der Waals surface area (Å²) in [5.41, 5.74) is 0.933. The molecule has 1 saturated heterocycles. The lowest BCUT2D eigenvalue weighted by atomic mass is 10.2. The van der Waals surface area contributed by atoms with Crippen molar-refractivity contribution in [1.82, 2.24) is 9.80 Å². The highest BCUT2D eigenvalue weighted by atomic mass is 127. The molecular formula is C13H18I2N2O2. The second-order valence-electron chi connectivity index (χ2n) is 5.19. The molecule has 0 bridgehead atoms. The molecule has 0 aliphatic carbocycles. The fraction of sp³-hybridized carbons (Fsp3) is 0.538. The minimum absolute atomic E-state index is 0.170. The topological polar surface area (TPSA) is 46.9 Å². The van der Waals surface area contributed by atoms with Gasteiger partial charge in [-0.3, -0.25) is 4.90 Å². The monoisotopic (exact) mass is 488 g/mol. The molecule has 0 amide bonds. The number of halogens is 2. The number of phenols is 1. The minimum Gasteiger partial charge on any atom is -0.507 e. The van der Waals surface area contributed by atoms with Crippen molar-refractivity contribution in [2.75, 3.05) is 27.2 Å². The van der Waals surface area contributed by atoms with E-state index in [1.165, 1.54) is 0 Å². The molecule has 106 valence electrons. The van der Waals surface area contributed by atoms with Crippen LogP contribution in [0.4, 0.5) is 0 Å². The van der Waals surface area contributed by atoms with Crippen LogP contribution >= 0.6 is 45.2 Å². The number of phenolic OH excluding ortho intramolecular Hbond substituents is 1. The summed E-state index contributed by atoms with van der Waals surface area (Å²) in [7, 11) is 3.98. The lowest BCUT2D eigenvalue weighted by molar-refractivity contribution is 0.112. The first kappa shape index (κ1) is 15.7. The van der Waals surface area contributed by atoms with E-state index in [0.717, 1.165) is 19.2 Å². The average Bonchev–Trinajstić information content (AvgIpc) is 2.66. The van der Waals surface area contributed by atoms with Crippen molar-refractivity contribution in [3.8, 4) is 5.75 Å². The quantitative estimate of drug-likeness (QED) is 0.637. The number of nitrogens with zero attached hydrogens (tertiary/aromatic N) is 2. The smallest absolute Gasteiger partial charge is 0.133 e. The molecule has 0 aromatic heterocycles. The number of benzene rings is 1. The number of hydrogen-bond donors (Lipinski definition) is 2. The van der Waals surface area contributed by atoms with E-state index in [2.05, 4.69) is 55.0 Å². The lowest BCUT2D eigenvalue weighted by Crippen LogP contribution is -2.37. The Morgan fingerprint density at radius 2 is 2.00 bits per heavy atom. The fourth-order valence-corrected chi connectivity index (χ4v) is 4.43. The van der Waals surface area contributed by atoms with Crippen LogP contribution in [0, 0.1) is 7.14 Å². The van der Waals surface area contributed by atoms with E-state index >= 15 is 0 Å². The first-order valence-corrected chi connectivity index (χ1v) is 8.28. The number of aliphatic hydroxyl groups excluding tert-OH is 1. The molecule has 6 heteroatoms. The zero-order valence-electron chi connectivity index (χ0n) is 11.0. The van der Waals surface area contributed by atoms with E-state index in [1.807, 2.05) is 26.2 Å². The van der Waals surface area contributed by atoms with Crippen LogP contribution < -0.4 is 0 Å². The summed E-state index contributed by atoms with van der Waals surface area (Å²) in [4.78, 5) is 4.25. The highest BCUT2D eigenvalue weighted by Crippen LogP contribution is 2.29. The zero-order valence-corrected chi connectivity index (χ0v) is 15.3. The van der Waals surface area contributed by atoms with Crippen LogP contribution in [0.25, 0.3) is 0 Å². The Labute approximate surface area is 141 Å². The number of β-amino-alcohol motifs (C(OH)–C–C–N with tert-alkyl or cyclic N) is 1. The second-order valence-corrected chi connectivity index (χ2v) is 7.60. The van der Waals surface area contributed by atoms with Crippen molar-refractivity contribution >= 4 is 45.2 Å². The van der Waals surface area contributed by atoms with Gasteiger partial charge in [0.2, 0.25) is 0 Å².